The molecule has 7 nitrogen and oxygen atoms in total. The summed E-state index contributed by atoms with van der Waals surface area (Å²) in [7, 11) is 0. The third-order valence-corrected chi connectivity index (χ3v) is 3.92. The van der Waals surface area contributed by atoms with Crippen molar-refractivity contribution in [1.29, 1.82) is 0 Å². The molecular weight excluding hydrogens is 288 g/mol. The van der Waals surface area contributed by atoms with Crippen molar-refractivity contribution in [3.8, 4) is 0 Å². The second-order valence-electron chi connectivity index (χ2n) is 5.36. The van der Waals surface area contributed by atoms with Crippen LogP contribution < -0.4 is 11.1 Å². The van der Waals surface area contributed by atoms with Gasteiger partial charge in [0, 0.05) is 12.5 Å². The molecule has 1 aromatic rings. The van der Waals surface area contributed by atoms with Gasteiger partial charge in [0.05, 0.1) is 11.8 Å². The first-order chi connectivity index (χ1) is 10.4. The van der Waals surface area contributed by atoms with Crippen LogP contribution in [0.5, 0.6) is 0 Å². The van der Waals surface area contributed by atoms with Gasteiger partial charge in [-0.3, -0.25) is 14.4 Å². The maximum absolute atomic E-state index is 12.0. The van der Waals surface area contributed by atoms with Crippen molar-refractivity contribution < 1.29 is 24.6 Å². The maximum Gasteiger partial charge on any atom is 0.320 e. The summed E-state index contributed by atoms with van der Waals surface area (Å²) in [6.45, 7) is 0.362. The first-order valence-electron chi connectivity index (χ1n) is 6.96. The zero-order valence-corrected chi connectivity index (χ0v) is 11.8. The van der Waals surface area contributed by atoms with Crippen LogP contribution >= 0.6 is 0 Å². The summed E-state index contributed by atoms with van der Waals surface area (Å²) in [5.41, 5.74) is 6.50. The van der Waals surface area contributed by atoms with Crippen molar-refractivity contribution >= 4 is 17.8 Å². The van der Waals surface area contributed by atoms with Gasteiger partial charge in [0.15, 0.2) is 0 Å². The van der Waals surface area contributed by atoms with E-state index in [9.17, 15) is 14.4 Å². The fraction of sp³-hybridized carbons (Fsp3) is 0.400. The van der Waals surface area contributed by atoms with Crippen molar-refractivity contribution in [1.82, 2.24) is 5.32 Å². The fourth-order valence-corrected chi connectivity index (χ4v) is 2.69. The third-order valence-electron chi connectivity index (χ3n) is 3.92. The topological polar surface area (TPSA) is 130 Å². The Balaban J connectivity index is 1.88. The van der Waals surface area contributed by atoms with E-state index in [1.807, 2.05) is 30.3 Å². The van der Waals surface area contributed by atoms with Crippen LogP contribution in [0.25, 0.3) is 0 Å². The number of benzene rings is 1. The Kier molecular flexibility index (Phi) is 4.77. The number of hydrogen-bond acceptors (Lipinski definition) is 4. The fourth-order valence-electron chi connectivity index (χ4n) is 2.69. The molecule has 1 fully saturated rings. The molecule has 1 aliphatic carbocycles. The molecule has 5 N–H and O–H groups in total. The highest BCUT2D eigenvalue weighted by atomic mass is 16.4. The van der Waals surface area contributed by atoms with Crippen LogP contribution in [0.1, 0.15) is 5.56 Å². The summed E-state index contributed by atoms with van der Waals surface area (Å²) in [6, 6.07) is 8.17. The molecule has 1 aliphatic rings. The Morgan fingerprint density at radius 3 is 2.32 bits per heavy atom. The molecule has 0 radical (unpaired) electrons. The summed E-state index contributed by atoms with van der Waals surface area (Å²) in [5, 5.41) is 20.6. The van der Waals surface area contributed by atoms with Crippen LogP contribution in [0.15, 0.2) is 30.3 Å². The van der Waals surface area contributed by atoms with Gasteiger partial charge < -0.3 is 21.3 Å². The van der Waals surface area contributed by atoms with Crippen LogP contribution in [0.2, 0.25) is 0 Å². The summed E-state index contributed by atoms with van der Waals surface area (Å²) in [6.07, 6.45) is 0.618. The number of carbonyl (C=O) groups excluding carboxylic acids is 1. The number of aliphatic carboxylic acids is 2. The number of nitrogens with one attached hydrogen (secondary N) is 1. The minimum atomic E-state index is -1.34. The van der Waals surface area contributed by atoms with E-state index in [4.69, 9.17) is 15.9 Å². The maximum atomic E-state index is 12.0. The van der Waals surface area contributed by atoms with Gasteiger partial charge in [-0.15, -0.1) is 0 Å². The first kappa shape index (κ1) is 16.0. The second-order valence-corrected chi connectivity index (χ2v) is 5.36. The third kappa shape index (κ3) is 3.43. The molecule has 7 heteroatoms. The Hall–Kier alpha value is -2.41. The van der Waals surface area contributed by atoms with Crippen LogP contribution in [0.3, 0.4) is 0 Å². The van der Waals surface area contributed by atoms with Gasteiger partial charge in [-0.1, -0.05) is 30.3 Å². The molecule has 22 heavy (non-hydrogen) atoms. The minimum absolute atomic E-state index is 0.362. The molecular formula is C15H18N2O5. The lowest BCUT2D eigenvalue weighted by Gasteiger charge is -2.06. The standard InChI is InChI=1S/C15H18N2O5/c16-12(15(21)22)9-10(11(9)14(19)20)13(18)17-7-6-8-4-2-1-3-5-8/h1-5,9-12H,6-7,16H2,(H,17,18)(H,19,20)(H,21,22)/t9-,10+,11+,12?/m0/s1. The van der Waals surface area contributed by atoms with Gasteiger partial charge >= 0.3 is 11.9 Å². The van der Waals surface area contributed by atoms with Gasteiger partial charge in [0.25, 0.3) is 0 Å². The van der Waals surface area contributed by atoms with Crippen molar-refractivity contribution in [2.24, 2.45) is 23.5 Å². The van der Waals surface area contributed by atoms with E-state index in [1.54, 1.807) is 0 Å². The number of hydrogen-bond donors (Lipinski definition) is 4. The van der Waals surface area contributed by atoms with Crippen molar-refractivity contribution in [3.05, 3.63) is 35.9 Å². The van der Waals surface area contributed by atoms with Crippen LogP contribution in [-0.2, 0) is 20.8 Å². The van der Waals surface area contributed by atoms with E-state index >= 15 is 0 Å². The zero-order chi connectivity index (χ0) is 16.3. The summed E-state index contributed by atoms with van der Waals surface area (Å²) in [5.74, 6) is -5.69. The van der Waals surface area contributed by atoms with Gasteiger partial charge in [-0.05, 0) is 12.0 Å². The van der Waals surface area contributed by atoms with E-state index in [0.717, 1.165) is 5.56 Å². The zero-order valence-electron chi connectivity index (χ0n) is 11.8. The minimum Gasteiger partial charge on any atom is -0.481 e. The van der Waals surface area contributed by atoms with Gasteiger partial charge in [0.2, 0.25) is 5.91 Å². The number of amides is 1. The molecule has 0 bridgehead atoms. The lowest BCUT2D eigenvalue weighted by molar-refractivity contribution is -0.141. The SMILES string of the molecule is NC(C(=O)O)[C@@H]1[C@@H](C(=O)O)[C@@H]1C(=O)NCCc1ccccc1. The Morgan fingerprint density at radius 1 is 1.14 bits per heavy atom. The second kappa shape index (κ2) is 6.57. The number of carboxylic acid groups (broad SMARTS) is 2. The van der Waals surface area contributed by atoms with Gasteiger partial charge in [-0.2, -0.15) is 0 Å². The highest BCUT2D eigenvalue weighted by molar-refractivity contribution is 5.92. The average molecular weight is 306 g/mol. The summed E-state index contributed by atoms with van der Waals surface area (Å²) < 4.78 is 0. The molecule has 2 rings (SSSR count). The largest absolute Gasteiger partial charge is 0.481 e. The molecule has 1 amide bonds. The number of carboxylic acids is 2. The quantitative estimate of drug-likeness (QED) is 0.547. The Labute approximate surface area is 127 Å². The lowest BCUT2D eigenvalue weighted by Crippen LogP contribution is -2.36. The predicted molar refractivity (Wildman–Crippen MR) is 76.9 cm³/mol. The van der Waals surface area contributed by atoms with E-state index in [-0.39, 0.29) is 0 Å². The molecule has 4 atom stereocenters. The summed E-state index contributed by atoms with van der Waals surface area (Å²) >= 11 is 0. The molecule has 0 aromatic heterocycles. The number of nitrogens with two attached hydrogens (primary N) is 1. The average Bonchev–Trinajstić information content (AvgIpc) is 3.23. The van der Waals surface area contributed by atoms with Crippen molar-refractivity contribution in [2.75, 3.05) is 6.54 Å². The molecule has 0 saturated heterocycles. The molecule has 0 heterocycles. The predicted octanol–water partition coefficient (Wildman–Crippen LogP) is -0.296. The van der Waals surface area contributed by atoms with Crippen LogP contribution in [-0.4, -0.2) is 40.6 Å². The van der Waals surface area contributed by atoms with Gasteiger partial charge in [0.1, 0.15) is 6.04 Å². The smallest absolute Gasteiger partial charge is 0.320 e. The highest BCUT2D eigenvalue weighted by Gasteiger charge is 2.63. The number of rotatable bonds is 7. The summed E-state index contributed by atoms with van der Waals surface area (Å²) in [4.78, 5) is 34.0. The van der Waals surface area contributed by atoms with Crippen LogP contribution in [0, 0.1) is 17.8 Å². The molecule has 1 aromatic carbocycles. The van der Waals surface area contributed by atoms with Gasteiger partial charge in [-0.25, -0.2) is 0 Å². The van der Waals surface area contributed by atoms with E-state index < -0.39 is 41.6 Å². The molecule has 1 unspecified atom stereocenters. The normalized spacial score (nSPS) is 24.3. The Morgan fingerprint density at radius 2 is 1.77 bits per heavy atom. The van der Waals surface area contributed by atoms with E-state index in [2.05, 4.69) is 5.32 Å². The highest BCUT2D eigenvalue weighted by Crippen LogP contribution is 2.48. The first-order valence-corrected chi connectivity index (χ1v) is 6.96. The Bertz CT molecular complexity index is 575. The lowest BCUT2D eigenvalue weighted by atomic mass is 10.1. The van der Waals surface area contributed by atoms with E-state index in [0.29, 0.717) is 13.0 Å². The van der Waals surface area contributed by atoms with Crippen molar-refractivity contribution in [2.45, 2.75) is 12.5 Å². The van der Waals surface area contributed by atoms with Crippen molar-refractivity contribution in [3.63, 3.8) is 0 Å². The monoisotopic (exact) mass is 306 g/mol. The molecule has 118 valence electrons. The number of carbonyl (C=O) groups is 3. The molecule has 1 saturated carbocycles. The van der Waals surface area contributed by atoms with Crippen LogP contribution in [0.4, 0.5) is 0 Å². The molecule has 0 aliphatic heterocycles. The van der Waals surface area contributed by atoms with E-state index in [1.165, 1.54) is 0 Å². The molecule has 0 spiro atoms.